The van der Waals surface area contributed by atoms with E-state index in [2.05, 4.69) is 37.2 Å². The van der Waals surface area contributed by atoms with Gasteiger partial charge in [0, 0.05) is 6.42 Å². The van der Waals surface area contributed by atoms with Gasteiger partial charge in [-0.25, -0.2) is 4.79 Å². The first kappa shape index (κ1) is 55.5. The van der Waals surface area contributed by atoms with Crippen molar-refractivity contribution >= 4 is 98.4 Å². The van der Waals surface area contributed by atoms with E-state index >= 15 is 0 Å². The number of phenolic OH excluding ortho intramolecular Hbond substituents is 1. The Morgan fingerprint density at radius 1 is 0.565 bits per heavy atom. The Morgan fingerprint density at radius 3 is 1.27 bits per heavy atom. The highest BCUT2D eigenvalue weighted by Crippen LogP contribution is 2.28. The highest BCUT2D eigenvalue weighted by atomic mass is 127. The fourth-order valence-corrected chi connectivity index (χ4v) is 7.12. The van der Waals surface area contributed by atoms with E-state index in [9.17, 15) is 78.9 Å². The van der Waals surface area contributed by atoms with Crippen LogP contribution < -0.4 is 48.7 Å². The molecule has 0 aromatic heterocycles. The maximum Gasteiger partial charge on any atom is 0.328 e. The normalized spacial score (nSPS) is 17.0. The second-order valence-electron chi connectivity index (χ2n) is 14.2. The number of aliphatic carboxylic acids is 1. The van der Waals surface area contributed by atoms with Gasteiger partial charge in [0.2, 0.25) is 47.3 Å². The average Bonchev–Trinajstić information content (AvgIpc) is 3.15. The van der Waals surface area contributed by atoms with Crippen LogP contribution in [0.2, 0.25) is 0 Å². The average molecular weight is 1110 g/mol. The Labute approximate surface area is 381 Å². The number of hydrogen-bond donors (Lipinski definition) is 16. The number of phenols is 1. The van der Waals surface area contributed by atoms with Crippen LogP contribution in [-0.4, -0.2) is 168 Å². The maximum absolute atomic E-state index is 13.7. The lowest BCUT2D eigenvalue weighted by molar-refractivity contribution is -0.145. The van der Waals surface area contributed by atoms with Crippen LogP contribution in [0, 0.1) is 7.14 Å². The predicted molar refractivity (Wildman–Crippen MR) is 230 cm³/mol. The lowest BCUT2D eigenvalue weighted by Crippen LogP contribution is -2.64. The maximum atomic E-state index is 13.7. The van der Waals surface area contributed by atoms with Crippen LogP contribution in [0.25, 0.3) is 0 Å². The zero-order valence-electron chi connectivity index (χ0n) is 33.9. The van der Waals surface area contributed by atoms with Crippen molar-refractivity contribution in [1.29, 1.82) is 0 Å². The highest BCUT2D eigenvalue weighted by molar-refractivity contribution is 14.1. The zero-order chi connectivity index (χ0) is 47.9. The van der Waals surface area contributed by atoms with Gasteiger partial charge < -0.3 is 84.4 Å². The molecule has 1 aromatic rings. The number of amides is 8. The van der Waals surface area contributed by atoms with Crippen LogP contribution in [0.3, 0.4) is 0 Å². The Morgan fingerprint density at radius 2 is 0.903 bits per heavy atom. The first-order valence-electron chi connectivity index (χ1n) is 18.5. The molecule has 62 heavy (non-hydrogen) atoms. The lowest BCUT2D eigenvalue weighted by atomic mass is 10.0. The van der Waals surface area contributed by atoms with Gasteiger partial charge in [-0.3, -0.25) is 38.4 Å². The monoisotopic (exact) mass is 1110 g/mol. The fraction of sp³-hybridized carbons (Fsp3) is 0.571. The summed E-state index contributed by atoms with van der Waals surface area (Å²) in [5.74, 6) is -11.2. The fourth-order valence-electron chi connectivity index (χ4n) is 5.22. The smallest absolute Gasteiger partial charge is 0.328 e. The molecule has 0 heterocycles. The molecule has 0 unspecified atom stereocenters. The number of nitrogens with two attached hydrogens (primary N) is 2. The zero-order valence-corrected chi connectivity index (χ0v) is 38.2. The summed E-state index contributed by atoms with van der Waals surface area (Å²) in [5.41, 5.74) is 11.1. The third-order valence-corrected chi connectivity index (χ3v) is 10.3. The van der Waals surface area contributed by atoms with Crippen LogP contribution in [0.15, 0.2) is 12.1 Å². The molecular weight excluding hydrogens is 1060 g/mol. The third kappa shape index (κ3) is 17.3. The van der Waals surface area contributed by atoms with Gasteiger partial charge in [0.15, 0.2) is 6.04 Å². The molecule has 0 radical (unpaired) electrons. The summed E-state index contributed by atoms with van der Waals surface area (Å²) in [6.45, 7) is 4.54. The summed E-state index contributed by atoms with van der Waals surface area (Å²) in [6, 6.07) is -11.1. The summed E-state index contributed by atoms with van der Waals surface area (Å²) in [7, 11) is 0. The number of carbonyl (C=O) groups excluding carboxylic acids is 8. The van der Waals surface area contributed by atoms with E-state index in [0.29, 0.717) is 12.7 Å². The molecule has 0 bridgehead atoms. The molecule has 12 atom stereocenters. The number of aliphatic hydroxyl groups excluding tert-OH is 5. The van der Waals surface area contributed by atoms with Crippen LogP contribution in [-0.2, 0) is 49.6 Å². The summed E-state index contributed by atoms with van der Waals surface area (Å²) in [6.07, 6.45) is -8.13. The minimum atomic E-state index is -2.00. The third-order valence-electron chi connectivity index (χ3n) is 8.65. The van der Waals surface area contributed by atoms with Crippen molar-refractivity contribution < 1.29 is 78.9 Å². The van der Waals surface area contributed by atoms with Crippen molar-refractivity contribution in [3.63, 3.8) is 0 Å². The van der Waals surface area contributed by atoms with Crippen LogP contribution >= 0.6 is 45.2 Å². The molecule has 0 aliphatic rings. The molecule has 0 aliphatic carbocycles. The van der Waals surface area contributed by atoms with E-state index in [1.54, 1.807) is 45.2 Å². The number of carboxylic acid groups (broad SMARTS) is 1. The van der Waals surface area contributed by atoms with Gasteiger partial charge in [0.05, 0.1) is 50.6 Å². The number of carboxylic acids is 1. The predicted octanol–water partition coefficient (Wildman–Crippen LogP) is -6.64. The van der Waals surface area contributed by atoms with Crippen molar-refractivity contribution in [1.82, 2.24) is 37.2 Å². The molecule has 8 amide bonds. The minimum absolute atomic E-state index is 0.0857. The number of nitrogens with one attached hydrogen (secondary N) is 7. The van der Waals surface area contributed by atoms with E-state index in [-0.39, 0.29) is 12.2 Å². The molecule has 0 fully saturated rings. The topological polar surface area (TPSA) is 431 Å². The SMILES string of the molecule is C[C@H](N)C(=O)N[C@@H](CO)C(=O)N[C@H](C(=O)N[C@H](C(=O)N[C@H](C(=O)N[C@@H](CC(N)=O)C(=O)N[C@@H](Cc1cc(I)c(O)c(I)c1)C(=O)N[C@H](C(=O)O)[C@@H](C)O)[C@@H](C)O)[C@@H](C)O)[C@@H](C)O. The molecule has 18 N–H and O–H groups in total. The van der Waals surface area contributed by atoms with Crippen LogP contribution in [0.4, 0.5) is 0 Å². The van der Waals surface area contributed by atoms with Crippen molar-refractivity contribution in [3.05, 3.63) is 24.8 Å². The lowest BCUT2D eigenvalue weighted by Gasteiger charge is -2.29. The quantitative estimate of drug-likeness (QED) is 0.0428. The number of aliphatic hydroxyl groups is 5. The molecule has 27 heteroatoms. The molecule has 1 aromatic carbocycles. The number of carbonyl (C=O) groups is 9. The van der Waals surface area contributed by atoms with Crippen LogP contribution in [0.1, 0.15) is 46.6 Å². The largest absolute Gasteiger partial charge is 0.506 e. The Balaban J connectivity index is 3.40. The number of benzene rings is 1. The number of hydrogen-bond acceptors (Lipinski definition) is 16. The molecule has 25 nitrogen and oxygen atoms in total. The van der Waals surface area contributed by atoms with Crippen LogP contribution in [0.5, 0.6) is 5.75 Å². The van der Waals surface area contributed by atoms with Crippen molar-refractivity contribution in [2.45, 2.75) is 120 Å². The molecule has 1 rings (SSSR count). The number of aromatic hydroxyl groups is 1. The van der Waals surface area contributed by atoms with Crippen molar-refractivity contribution in [2.75, 3.05) is 6.61 Å². The second-order valence-corrected chi connectivity index (χ2v) is 16.5. The van der Waals surface area contributed by atoms with Gasteiger partial charge >= 0.3 is 5.97 Å². The van der Waals surface area contributed by atoms with E-state index in [4.69, 9.17) is 11.5 Å². The first-order chi connectivity index (χ1) is 28.6. The molecule has 0 saturated carbocycles. The van der Waals surface area contributed by atoms with Gasteiger partial charge in [-0.1, -0.05) is 0 Å². The molecule has 0 saturated heterocycles. The molecular formula is C35H53I2N9O16. The second kappa shape index (κ2) is 25.5. The van der Waals surface area contributed by atoms with Gasteiger partial charge in [0.1, 0.15) is 42.0 Å². The summed E-state index contributed by atoms with van der Waals surface area (Å²) < 4.78 is 0.686. The summed E-state index contributed by atoms with van der Waals surface area (Å²) in [5, 5.41) is 85.4. The molecule has 348 valence electrons. The number of rotatable bonds is 24. The van der Waals surface area contributed by atoms with Gasteiger partial charge in [-0.2, -0.15) is 0 Å². The summed E-state index contributed by atoms with van der Waals surface area (Å²) in [4.78, 5) is 116. The molecule has 0 spiro atoms. The summed E-state index contributed by atoms with van der Waals surface area (Å²) >= 11 is 3.61. The molecule has 0 aliphatic heterocycles. The van der Waals surface area contributed by atoms with Crippen molar-refractivity contribution in [3.8, 4) is 5.75 Å². The number of halogens is 2. The number of primary amides is 1. The Hall–Kier alpha value is -4.53. The Bertz CT molecular complexity index is 1790. The van der Waals surface area contributed by atoms with Gasteiger partial charge in [-0.05, 0) is 97.5 Å². The van der Waals surface area contributed by atoms with E-state index in [0.717, 1.165) is 27.7 Å². The Kier molecular flexibility index (Phi) is 22.9. The van der Waals surface area contributed by atoms with E-state index in [1.807, 2.05) is 0 Å². The minimum Gasteiger partial charge on any atom is -0.506 e. The first-order valence-corrected chi connectivity index (χ1v) is 20.7. The van der Waals surface area contributed by atoms with E-state index < -0.39 is 139 Å². The van der Waals surface area contributed by atoms with Crippen molar-refractivity contribution in [2.24, 2.45) is 11.5 Å². The van der Waals surface area contributed by atoms with Gasteiger partial charge in [0.25, 0.3) is 0 Å². The van der Waals surface area contributed by atoms with Gasteiger partial charge in [-0.15, -0.1) is 0 Å². The standard InChI is InChI=1S/C35H53I2N9O16/c1-11(38)28(54)42-21(10-47)31(57)43-24(13(3)49)33(59)45-25(14(4)50)34(60)44-23(12(2)48)32(58)41-20(9-22(39)52)29(55)40-19(30(56)46-26(15(5)51)35(61)62)8-16-6-17(36)27(53)18(37)7-16/h6-7,11-15,19-21,23-26,47-51,53H,8-10,38H2,1-5H3,(H2,39,52)(H,40,55)(H,41,58)(H,42,54)(H,43,57)(H,44,60)(H,45,59)(H,46,56)(H,61,62)/t11-,12+,13+,14+,15+,19-,20-,21-,23-,24-,25-,26-/m0/s1. The highest BCUT2D eigenvalue weighted by Gasteiger charge is 2.38. The van der Waals surface area contributed by atoms with E-state index in [1.165, 1.54) is 19.1 Å².